The van der Waals surface area contributed by atoms with E-state index in [4.69, 9.17) is 0 Å². The minimum Gasteiger partial charge on any atom is -0.336 e. The summed E-state index contributed by atoms with van der Waals surface area (Å²) in [5, 5.41) is 0. The molecule has 0 radical (unpaired) electrons. The van der Waals surface area contributed by atoms with E-state index in [1.165, 1.54) is 20.9 Å². The molecule has 0 bridgehead atoms. The average Bonchev–Trinajstić information content (AvgIpc) is 3.24. The molecule has 2 nitrogen and oxygen atoms in total. The third kappa shape index (κ3) is 7.64. The lowest BCUT2D eigenvalue weighted by molar-refractivity contribution is 0.750. The topological polar surface area (TPSA) is 17.8 Å². The second-order valence-electron chi connectivity index (χ2n) is 6.01. The lowest BCUT2D eigenvalue weighted by Gasteiger charge is -2.17. The number of thioether (sulfide) groups is 4. The van der Waals surface area contributed by atoms with E-state index >= 15 is 0 Å². The molecule has 0 saturated carbocycles. The Hall–Kier alpha value is -0.660. The maximum atomic E-state index is 4.19. The van der Waals surface area contributed by atoms with E-state index in [-0.39, 0.29) is 12.4 Å². The van der Waals surface area contributed by atoms with E-state index in [0.29, 0.717) is 4.58 Å². The van der Waals surface area contributed by atoms with Crippen molar-refractivity contribution in [1.82, 2.24) is 9.55 Å². The maximum absolute atomic E-state index is 4.19. The molecule has 28 heavy (non-hydrogen) atoms. The van der Waals surface area contributed by atoms with E-state index in [0.717, 1.165) is 18.1 Å². The van der Waals surface area contributed by atoms with Gasteiger partial charge in [0.1, 0.15) is 0 Å². The summed E-state index contributed by atoms with van der Waals surface area (Å²) in [7, 11) is 0. The van der Waals surface area contributed by atoms with Crippen molar-refractivity contribution in [2.45, 2.75) is 32.4 Å². The molecule has 2 aromatic carbocycles. The molecular formula is C21H25ClN2S4. The second-order valence-corrected chi connectivity index (χ2v) is 10.4. The molecule has 0 fully saturated rings. The smallest absolute Gasteiger partial charge is 0.0946 e. The Kier molecular flexibility index (Phi) is 10.8. The molecule has 0 unspecified atom stereocenters. The summed E-state index contributed by atoms with van der Waals surface area (Å²) in [4.78, 5) is 6.83. The molecule has 0 aliphatic heterocycles. The fraction of sp³-hybridized carbons (Fsp3) is 0.286. The normalized spacial score (nSPS) is 10.8. The van der Waals surface area contributed by atoms with Crippen LogP contribution >= 0.6 is 59.5 Å². The monoisotopic (exact) mass is 468 g/mol. The number of hydrogen-bond donors (Lipinski definition) is 0. The number of benzene rings is 2. The van der Waals surface area contributed by atoms with Crippen LogP contribution in [0.5, 0.6) is 0 Å². The Labute approximate surface area is 191 Å². The first-order chi connectivity index (χ1) is 13.3. The minimum absolute atomic E-state index is 0. The Morgan fingerprint density at radius 3 is 1.71 bits per heavy atom. The van der Waals surface area contributed by atoms with E-state index in [9.17, 15) is 0 Å². The fourth-order valence-electron chi connectivity index (χ4n) is 2.54. The molecule has 0 aliphatic rings. The zero-order chi connectivity index (χ0) is 18.9. The van der Waals surface area contributed by atoms with Crippen LogP contribution in [0.4, 0.5) is 0 Å². The van der Waals surface area contributed by atoms with Gasteiger partial charge in [-0.15, -0.1) is 59.5 Å². The minimum atomic E-state index is 0. The summed E-state index contributed by atoms with van der Waals surface area (Å²) in [6.07, 6.45) is 10.1. The maximum Gasteiger partial charge on any atom is 0.0946 e. The summed E-state index contributed by atoms with van der Waals surface area (Å²) in [6, 6.07) is 17.9. The Morgan fingerprint density at radius 2 is 1.32 bits per heavy atom. The molecule has 0 spiro atoms. The average molecular weight is 469 g/mol. The Bertz CT molecular complexity index is 741. The van der Waals surface area contributed by atoms with Gasteiger partial charge in [0, 0.05) is 40.2 Å². The lowest BCUT2D eigenvalue weighted by atomic mass is 10.2. The molecule has 7 heteroatoms. The molecule has 3 aromatic rings. The van der Waals surface area contributed by atoms with Crippen molar-refractivity contribution in [2.24, 2.45) is 0 Å². The fourth-order valence-corrected chi connectivity index (χ4v) is 5.85. The first-order valence-electron chi connectivity index (χ1n) is 8.71. The van der Waals surface area contributed by atoms with Gasteiger partial charge in [-0.05, 0) is 47.9 Å². The van der Waals surface area contributed by atoms with Crippen LogP contribution in [-0.4, -0.2) is 26.6 Å². The first-order valence-corrected chi connectivity index (χ1v) is 13.3. The predicted octanol–water partition coefficient (Wildman–Crippen LogP) is 6.94. The molecule has 3 rings (SSSR count). The third-order valence-corrected chi connectivity index (χ3v) is 8.45. The zero-order valence-corrected chi connectivity index (χ0v) is 20.1. The van der Waals surface area contributed by atoms with Crippen molar-refractivity contribution in [1.29, 1.82) is 0 Å². The quantitative estimate of drug-likeness (QED) is 0.236. The highest BCUT2D eigenvalue weighted by Gasteiger charge is 2.12. The third-order valence-electron chi connectivity index (χ3n) is 4.11. The van der Waals surface area contributed by atoms with Gasteiger partial charge in [0.2, 0.25) is 0 Å². The lowest BCUT2D eigenvalue weighted by Crippen LogP contribution is -2.09. The Morgan fingerprint density at radius 1 is 0.821 bits per heavy atom. The van der Waals surface area contributed by atoms with E-state index in [1.54, 1.807) is 23.5 Å². The number of aromatic nitrogens is 2. The molecular weight excluding hydrogens is 444 g/mol. The van der Waals surface area contributed by atoms with Gasteiger partial charge in [0.15, 0.2) is 0 Å². The highest BCUT2D eigenvalue weighted by atomic mass is 35.5. The number of imidazole rings is 1. The summed E-state index contributed by atoms with van der Waals surface area (Å²) in [5.41, 5.74) is 2.77. The Balaban J connectivity index is 0.00000280. The van der Waals surface area contributed by atoms with Crippen molar-refractivity contribution in [3.8, 4) is 0 Å². The van der Waals surface area contributed by atoms with Crippen molar-refractivity contribution in [3.05, 3.63) is 78.4 Å². The van der Waals surface area contributed by atoms with Crippen molar-refractivity contribution in [3.63, 3.8) is 0 Å². The van der Waals surface area contributed by atoms with Crippen molar-refractivity contribution >= 4 is 59.5 Å². The highest BCUT2D eigenvalue weighted by Crippen LogP contribution is 2.31. The van der Waals surface area contributed by atoms with Crippen LogP contribution in [0.15, 0.2) is 77.0 Å². The zero-order valence-electron chi connectivity index (χ0n) is 16.0. The van der Waals surface area contributed by atoms with Crippen molar-refractivity contribution in [2.75, 3.05) is 12.5 Å². The summed E-state index contributed by atoms with van der Waals surface area (Å²) < 4.78 is 2.66. The molecule has 1 aromatic heterocycles. The van der Waals surface area contributed by atoms with Gasteiger partial charge in [0.05, 0.1) is 10.9 Å². The van der Waals surface area contributed by atoms with E-state index in [1.807, 2.05) is 36.0 Å². The van der Waals surface area contributed by atoms with Crippen LogP contribution in [0.25, 0.3) is 0 Å². The second kappa shape index (κ2) is 12.8. The van der Waals surface area contributed by atoms with Crippen LogP contribution in [-0.2, 0) is 18.1 Å². The molecule has 0 aliphatic carbocycles. The number of nitrogens with zero attached hydrogens (tertiary/aromatic N) is 2. The largest absolute Gasteiger partial charge is 0.336 e. The molecule has 0 amide bonds. The molecule has 0 atom stereocenters. The van der Waals surface area contributed by atoms with Gasteiger partial charge in [0.25, 0.3) is 0 Å². The predicted molar refractivity (Wildman–Crippen MR) is 132 cm³/mol. The van der Waals surface area contributed by atoms with Crippen LogP contribution in [0.1, 0.15) is 11.1 Å². The number of rotatable bonds is 10. The summed E-state index contributed by atoms with van der Waals surface area (Å²) in [6.45, 7) is 0.973. The molecule has 1 heterocycles. The number of halogens is 1. The van der Waals surface area contributed by atoms with Gasteiger partial charge >= 0.3 is 0 Å². The standard InChI is InChI=1S/C21H24N2S4.ClH/c1-24-19-7-3-17(4-8-19)14-26-21(13-23-12-11-22-16-23)27-15-18-5-9-20(25-2)10-6-18;/h3-12,16,21H,13-15H2,1-2H3;1H. The SMILES string of the molecule is CSc1ccc(CSC(Cn2ccnc2)SCc2ccc(SC)cc2)cc1.Cl. The van der Waals surface area contributed by atoms with Crippen LogP contribution in [0.2, 0.25) is 0 Å². The molecule has 0 N–H and O–H groups in total. The van der Waals surface area contributed by atoms with Gasteiger partial charge in [-0.25, -0.2) is 4.98 Å². The van der Waals surface area contributed by atoms with E-state index in [2.05, 4.69) is 76.8 Å². The highest BCUT2D eigenvalue weighted by molar-refractivity contribution is 8.16. The van der Waals surface area contributed by atoms with Crippen molar-refractivity contribution < 1.29 is 0 Å². The number of hydrogen-bond acceptors (Lipinski definition) is 5. The first kappa shape index (κ1) is 23.6. The van der Waals surface area contributed by atoms with Crippen LogP contribution in [0, 0.1) is 0 Å². The van der Waals surface area contributed by atoms with Gasteiger partial charge in [-0.1, -0.05) is 24.3 Å². The van der Waals surface area contributed by atoms with Gasteiger partial charge in [-0.2, -0.15) is 0 Å². The van der Waals surface area contributed by atoms with Gasteiger partial charge in [-0.3, -0.25) is 0 Å². The van der Waals surface area contributed by atoms with E-state index < -0.39 is 0 Å². The summed E-state index contributed by atoms with van der Waals surface area (Å²) in [5.74, 6) is 2.07. The van der Waals surface area contributed by atoms with Crippen LogP contribution in [0.3, 0.4) is 0 Å². The van der Waals surface area contributed by atoms with Crippen LogP contribution < -0.4 is 0 Å². The van der Waals surface area contributed by atoms with Gasteiger partial charge < -0.3 is 4.57 Å². The summed E-state index contributed by atoms with van der Waals surface area (Å²) >= 11 is 7.61. The molecule has 0 saturated heterocycles. The molecule has 150 valence electrons.